The number of carbonyl (C=O) groups is 1. The third-order valence-electron chi connectivity index (χ3n) is 3.11. The molecule has 9 nitrogen and oxygen atoms in total. The van der Waals surface area contributed by atoms with Crippen LogP contribution in [0.1, 0.15) is 11.5 Å². The lowest BCUT2D eigenvalue weighted by atomic mass is 9.97. The van der Waals surface area contributed by atoms with Crippen LogP contribution in [-0.4, -0.2) is 56.6 Å². The van der Waals surface area contributed by atoms with E-state index >= 15 is 0 Å². The van der Waals surface area contributed by atoms with Crippen LogP contribution >= 0.6 is 0 Å². The summed E-state index contributed by atoms with van der Waals surface area (Å²) < 4.78 is 25.0. The number of nitro benzene ring substituents is 1. The Labute approximate surface area is 133 Å². The Balaban J connectivity index is 3.57. The molecule has 0 saturated carbocycles. The zero-order chi connectivity index (χ0) is 17.9. The van der Waals surface area contributed by atoms with Gasteiger partial charge in [-0.1, -0.05) is 0 Å². The summed E-state index contributed by atoms with van der Waals surface area (Å²) in [5.74, 6) is -2.01. The van der Waals surface area contributed by atoms with E-state index in [4.69, 9.17) is 0 Å². The normalized spacial score (nSPS) is 12.5. The average molecular weight is 340 g/mol. The molecule has 1 amide bonds. The predicted molar refractivity (Wildman–Crippen MR) is 81.0 cm³/mol. The van der Waals surface area contributed by atoms with Gasteiger partial charge in [-0.2, -0.15) is 5.26 Å². The van der Waals surface area contributed by atoms with Crippen LogP contribution in [-0.2, 0) is 14.8 Å². The van der Waals surface area contributed by atoms with Gasteiger partial charge in [0.2, 0.25) is 15.9 Å². The highest BCUT2D eigenvalue weighted by atomic mass is 32.2. The molecule has 0 radical (unpaired) electrons. The molecule has 0 aliphatic heterocycles. The van der Waals surface area contributed by atoms with E-state index in [1.165, 1.54) is 28.2 Å². The Kier molecular flexibility index (Phi) is 5.42. The molecule has 0 spiro atoms. The van der Waals surface area contributed by atoms with Crippen LogP contribution in [0.25, 0.3) is 0 Å². The Hall–Kier alpha value is -2.51. The Bertz CT molecular complexity index is 780. The summed E-state index contributed by atoms with van der Waals surface area (Å²) >= 11 is 0. The van der Waals surface area contributed by atoms with Gasteiger partial charge in [-0.25, -0.2) is 12.7 Å². The quantitative estimate of drug-likeness (QED) is 0.569. The van der Waals surface area contributed by atoms with Gasteiger partial charge in [0, 0.05) is 34.3 Å². The van der Waals surface area contributed by atoms with Crippen molar-refractivity contribution < 1.29 is 18.1 Å². The number of amides is 1. The van der Waals surface area contributed by atoms with Crippen molar-refractivity contribution >= 4 is 21.6 Å². The van der Waals surface area contributed by atoms with Gasteiger partial charge in [-0.15, -0.1) is 0 Å². The van der Waals surface area contributed by atoms with Crippen LogP contribution in [0.3, 0.4) is 0 Å². The number of nitro groups is 1. The number of benzene rings is 1. The predicted octanol–water partition coefficient (Wildman–Crippen LogP) is 0.540. The van der Waals surface area contributed by atoms with E-state index in [1.54, 1.807) is 6.07 Å². The number of carbonyl (C=O) groups excluding carboxylic acids is 1. The smallest absolute Gasteiger partial charge is 0.275 e. The number of sulfonamides is 1. The molecule has 0 fully saturated rings. The van der Waals surface area contributed by atoms with Crippen molar-refractivity contribution in [2.24, 2.45) is 0 Å². The van der Waals surface area contributed by atoms with Crippen LogP contribution in [0.15, 0.2) is 23.1 Å². The van der Waals surface area contributed by atoms with Gasteiger partial charge >= 0.3 is 0 Å². The molecule has 0 bridgehead atoms. The van der Waals surface area contributed by atoms with E-state index in [0.717, 1.165) is 27.4 Å². The minimum atomic E-state index is -3.87. The molecule has 0 aliphatic rings. The summed E-state index contributed by atoms with van der Waals surface area (Å²) in [6.07, 6.45) is 0. The molecule has 10 heteroatoms. The number of nitrogens with zero attached hydrogens (tertiary/aromatic N) is 4. The van der Waals surface area contributed by atoms with Gasteiger partial charge in [0.05, 0.1) is 21.5 Å². The van der Waals surface area contributed by atoms with Gasteiger partial charge in [0.25, 0.3) is 5.69 Å². The molecule has 0 aliphatic carbocycles. The van der Waals surface area contributed by atoms with Crippen molar-refractivity contribution in [3.8, 4) is 6.07 Å². The highest BCUT2D eigenvalue weighted by molar-refractivity contribution is 7.89. The Morgan fingerprint density at radius 2 is 1.87 bits per heavy atom. The van der Waals surface area contributed by atoms with E-state index in [9.17, 15) is 28.6 Å². The molecule has 1 unspecified atom stereocenters. The first-order valence-corrected chi connectivity index (χ1v) is 7.79. The number of rotatable bonds is 5. The lowest BCUT2D eigenvalue weighted by Crippen LogP contribution is -2.28. The molecule has 0 saturated heterocycles. The van der Waals surface area contributed by atoms with Crippen molar-refractivity contribution in [3.63, 3.8) is 0 Å². The summed E-state index contributed by atoms with van der Waals surface area (Å²) in [6, 6.07) is 4.85. The van der Waals surface area contributed by atoms with Gasteiger partial charge < -0.3 is 4.90 Å². The molecule has 124 valence electrons. The molecule has 1 aromatic carbocycles. The van der Waals surface area contributed by atoms with Crippen LogP contribution < -0.4 is 0 Å². The fourth-order valence-corrected chi connectivity index (χ4v) is 2.74. The third kappa shape index (κ3) is 3.64. The molecular formula is C13H16N4O5S. The minimum Gasteiger partial charge on any atom is -0.347 e. The average Bonchev–Trinajstić information content (AvgIpc) is 2.47. The maximum Gasteiger partial charge on any atom is 0.275 e. The zero-order valence-electron chi connectivity index (χ0n) is 13.0. The van der Waals surface area contributed by atoms with Gasteiger partial charge in [-0.3, -0.25) is 14.9 Å². The first-order valence-electron chi connectivity index (χ1n) is 6.35. The van der Waals surface area contributed by atoms with Crippen molar-refractivity contribution in [2.45, 2.75) is 10.8 Å². The zero-order valence-corrected chi connectivity index (χ0v) is 13.9. The first kappa shape index (κ1) is 18.5. The van der Waals surface area contributed by atoms with E-state index < -0.39 is 32.5 Å². The second-order valence-corrected chi connectivity index (χ2v) is 7.21. The van der Waals surface area contributed by atoms with Crippen molar-refractivity contribution in [1.29, 1.82) is 5.26 Å². The van der Waals surface area contributed by atoms with Crippen LogP contribution in [0, 0.1) is 21.4 Å². The van der Waals surface area contributed by atoms with Crippen LogP contribution in [0.5, 0.6) is 0 Å². The molecule has 1 atom stereocenters. The second kappa shape index (κ2) is 6.72. The second-order valence-electron chi connectivity index (χ2n) is 5.06. The van der Waals surface area contributed by atoms with E-state index in [2.05, 4.69) is 0 Å². The number of hydrogen-bond acceptors (Lipinski definition) is 6. The third-order valence-corrected chi connectivity index (χ3v) is 4.92. The summed E-state index contributed by atoms with van der Waals surface area (Å²) in [7, 11) is 1.56. The van der Waals surface area contributed by atoms with E-state index in [-0.39, 0.29) is 10.5 Å². The SMILES string of the molecule is CN(C)C(=O)C(C#N)c1ccc(S(=O)(=O)N(C)C)cc1[N+](=O)[O-]. The molecular weight excluding hydrogens is 324 g/mol. The molecule has 23 heavy (non-hydrogen) atoms. The molecule has 0 N–H and O–H groups in total. The standard InChI is InChI=1S/C13H16N4O5S/c1-15(2)13(18)11(8-14)10-6-5-9(7-12(10)17(19)20)23(21,22)16(3)4/h5-7,11H,1-4H3. The monoisotopic (exact) mass is 340 g/mol. The number of hydrogen-bond donors (Lipinski definition) is 0. The summed E-state index contributed by atoms with van der Waals surface area (Å²) in [6.45, 7) is 0. The van der Waals surface area contributed by atoms with Gasteiger partial charge in [0.1, 0.15) is 0 Å². The lowest BCUT2D eigenvalue weighted by Gasteiger charge is -2.16. The van der Waals surface area contributed by atoms with Crippen molar-refractivity contribution in [3.05, 3.63) is 33.9 Å². The van der Waals surface area contributed by atoms with Gasteiger partial charge in [0.15, 0.2) is 5.92 Å². The molecule has 1 rings (SSSR count). The molecule has 1 aromatic rings. The van der Waals surface area contributed by atoms with Crippen LogP contribution in [0.2, 0.25) is 0 Å². The highest BCUT2D eigenvalue weighted by Gasteiger charge is 2.31. The minimum absolute atomic E-state index is 0.145. The maximum absolute atomic E-state index is 12.1. The molecule has 0 heterocycles. The largest absolute Gasteiger partial charge is 0.347 e. The summed E-state index contributed by atoms with van der Waals surface area (Å²) in [4.78, 5) is 23.3. The Morgan fingerprint density at radius 1 is 1.30 bits per heavy atom. The lowest BCUT2D eigenvalue weighted by molar-refractivity contribution is -0.385. The van der Waals surface area contributed by atoms with Crippen molar-refractivity contribution in [2.75, 3.05) is 28.2 Å². The fraction of sp³-hybridized carbons (Fsp3) is 0.385. The number of likely N-dealkylation sites (N-methyl/N-ethyl adjacent to an activating group) is 1. The van der Waals surface area contributed by atoms with Gasteiger partial charge in [-0.05, 0) is 12.1 Å². The van der Waals surface area contributed by atoms with Crippen LogP contribution in [0.4, 0.5) is 5.69 Å². The first-order chi connectivity index (χ1) is 10.5. The van der Waals surface area contributed by atoms with E-state index in [0.29, 0.717) is 0 Å². The molecule has 0 aromatic heterocycles. The Morgan fingerprint density at radius 3 is 2.26 bits per heavy atom. The van der Waals surface area contributed by atoms with E-state index in [1.807, 2.05) is 0 Å². The number of nitriles is 1. The summed E-state index contributed by atoms with van der Waals surface area (Å²) in [5.41, 5.74) is -0.733. The highest BCUT2D eigenvalue weighted by Crippen LogP contribution is 2.30. The summed E-state index contributed by atoms with van der Waals surface area (Å²) in [5, 5.41) is 20.4. The fourth-order valence-electron chi connectivity index (χ4n) is 1.81. The van der Waals surface area contributed by atoms with Crippen molar-refractivity contribution in [1.82, 2.24) is 9.21 Å². The topological polar surface area (TPSA) is 125 Å². The maximum atomic E-state index is 12.1.